The van der Waals surface area contributed by atoms with Crippen LogP contribution in [0, 0.1) is 11.6 Å². The smallest absolute Gasteiger partial charge is 0.257 e. The number of rotatable bonds is 4. The van der Waals surface area contributed by atoms with Crippen molar-refractivity contribution in [2.75, 3.05) is 12.3 Å². The molecule has 0 aliphatic carbocycles. The third-order valence-corrected chi connectivity index (χ3v) is 3.09. The van der Waals surface area contributed by atoms with Gasteiger partial charge in [0.2, 0.25) is 0 Å². The summed E-state index contributed by atoms with van der Waals surface area (Å²) in [5.41, 5.74) is 5.48. The van der Waals surface area contributed by atoms with Gasteiger partial charge in [0.1, 0.15) is 5.82 Å². The quantitative estimate of drug-likeness (QED) is 0.881. The van der Waals surface area contributed by atoms with E-state index in [1.54, 1.807) is 31.5 Å². The molecule has 0 fully saturated rings. The zero-order valence-electron chi connectivity index (χ0n) is 11.5. The van der Waals surface area contributed by atoms with Crippen molar-refractivity contribution in [2.24, 2.45) is 0 Å². The molecule has 0 spiro atoms. The number of carbonyl (C=O) groups excluding carboxylic acids is 1. The molecule has 6 heteroatoms. The van der Waals surface area contributed by atoms with Crippen LogP contribution in [0.2, 0.25) is 0 Å². The van der Waals surface area contributed by atoms with Crippen LogP contribution >= 0.6 is 0 Å². The zero-order chi connectivity index (χ0) is 15.4. The number of nitrogen functional groups attached to an aromatic ring is 1. The minimum absolute atomic E-state index is 0.285. The summed E-state index contributed by atoms with van der Waals surface area (Å²) in [5.74, 6) is -2.23. The number of carbonyl (C=O) groups is 1. The van der Waals surface area contributed by atoms with Gasteiger partial charge in [-0.15, -0.1) is 0 Å². The van der Waals surface area contributed by atoms with Gasteiger partial charge < -0.3 is 10.6 Å². The fourth-order valence-corrected chi connectivity index (χ4v) is 1.97. The van der Waals surface area contributed by atoms with Crippen molar-refractivity contribution in [2.45, 2.75) is 13.5 Å². The summed E-state index contributed by atoms with van der Waals surface area (Å²) < 4.78 is 27.3. The van der Waals surface area contributed by atoms with Gasteiger partial charge in [0, 0.05) is 25.5 Å². The molecule has 2 N–H and O–H groups in total. The molecule has 0 saturated heterocycles. The van der Waals surface area contributed by atoms with Gasteiger partial charge in [0.15, 0.2) is 5.82 Å². The molecule has 0 saturated carbocycles. The Morgan fingerprint density at radius 1 is 1.29 bits per heavy atom. The fraction of sp³-hybridized carbons (Fsp3) is 0.200. The third kappa shape index (κ3) is 3.34. The monoisotopic (exact) mass is 291 g/mol. The van der Waals surface area contributed by atoms with Crippen LogP contribution in [-0.4, -0.2) is 22.3 Å². The molecule has 1 amide bonds. The second-order valence-electron chi connectivity index (χ2n) is 4.53. The first-order valence-electron chi connectivity index (χ1n) is 6.45. The standard InChI is InChI=1S/C15H15F2N3O/c1-2-20(9-10-3-5-19-6-4-10)15(21)12-7-11(16)8-13(18)14(12)17/h3-8H,2,9,18H2,1H3. The van der Waals surface area contributed by atoms with E-state index in [1.165, 1.54) is 4.90 Å². The molecule has 2 aromatic rings. The maximum atomic E-state index is 13.9. The van der Waals surface area contributed by atoms with Gasteiger partial charge in [-0.3, -0.25) is 9.78 Å². The van der Waals surface area contributed by atoms with Crippen molar-refractivity contribution in [3.05, 3.63) is 59.4 Å². The summed E-state index contributed by atoms with van der Waals surface area (Å²) in [6, 6.07) is 5.23. The number of benzene rings is 1. The van der Waals surface area contributed by atoms with Gasteiger partial charge in [-0.2, -0.15) is 0 Å². The van der Waals surface area contributed by atoms with Crippen molar-refractivity contribution in [3.63, 3.8) is 0 Å². The molecule has 110 valence electrons. The average molecular weight is 291 g/mol. The molecule has 1 aromatic carbocycles. The SMILES string of the molecule is CCN(Cc1ccncc1)C(=O)c1cc(F)cc(N)c1F. The lowest BCUT2D eigenvalue weighted by molar-refractivity contribution is 0.0747. The Hall–Kier alpha value is -2.50. The normalized spacial score (nSPS) is 10.4. The Labute approximate surface area is 121 Å². The number of aromatic nitrogens is 1. The number of nitrogens with zero attached hydrogens (tertiary/aromatic N) is 2. The summed E-state index contributed by atoms with van der Waals surface area (Å²) >= 11 is 0. The molecule has 2 rings (SSSR count). The Balaban J connectivity index is 2.29. The Bertz CT molecular complexity index is 647. The highest BCUT2D eigenvalue weighted by Crippen LogP contribution is 2.20. The van der Waals surface area contributed by atoms with Crippen molar-refractivity contribution in [3.8, 4) is 0 Å². The molecule has 0 atom stereocenters. The Morgan fingerprint density at radius 3 is 2.57 bits per heavy atom. The van der Waals surface area contributed by atoms with E-state index in [4.69, 9.17) is 5.73 Å². The van der Waals surface area contributed by atoms with Crippen LogP contribution < -0.4 is 5.73 Å². The third-order valence-electron chi connectivity index (χ3n) is 3.09. The van der Waals surface area contributed by atoms with Crippen LogP contribution in [0.25, 0.3) is 0 Å². The molecule has 0 radical (unpaired) electrons. The minimum atomic E-state index is -0.894. The minimum Gasteiger partial charge on any atom is -0.396 e. The lowest BCUT2D eigenvalue weighted by Gasteiger charge is -2.21. The molecule has 0 bridgehead atoms. The molecule has 1 heterocycles. The van der Waals surface area contributed by atoms with Crippen molar-refractivity contribution in [1.29, 1.82) is 0 Å². The highest BCUT2D eigenvalue weighted by atomic mass is 19.1. The lowest BCUT2D eigenvalue weighted by Crippen LogP contribution is -2.31. The number of amides is 1. The van der Waals surface area contributed by atoms with Gasteiger partial charge in [0.25, 0.3) is 5.91 Å². The van der Waals surface area contributed by atoms with Crippen LogP contribution in [0.15, 0.2) is 36.7 Å². The summed E-state index contributed by atoms with van der Waals surface area (Å²) in [4.78, 5) is 17.7. The first-order chi connectivity index (χ1) is 10.0. The number of halogens is 2. The van der Waals surface area contributed by atoms with E-state index < -0.39 is 17.5 Å². The fourth-order valence-electron chi connectivity index (χ4n) is 1.97. The van der Waals surface area contributed by atoms with E-state index >= 15 is 0 Å². The number of nitrogens with two attached hydrogens (primary N) is 1. The van der Waals surface area contributed by atoms with E-state index in [0.29, 0.717) is 6.54 Å². The van der Waals surface area contributed by atoms with Gasteiger partial charge in [0.05, 0.1) is 11.3 Å². The van der Waals surface area contributed by atoms with E-state index in [9.17, 15) is 13.6 Å². The topological polar surface area (TPSA) is 59.2 Å². The van der Waals surface area contributed by atoms with E-state index in [2.05, 4.69) is 4.98 Å². The van der Waals surface area contributed by atoms with Gasteiger partial charge in [-0.1, -0.05) is 0 Å². The molecule has 0 aliphatic heterocycles. The van der Waals surface area contributed by atoms with Crippen LogP contribution in [-0.2, 0) is 6.54 Å². The average Bonchev–Trinajstić information content (AvgIpc) is 2.49. The van der Waals surface area contributed by atoms with Crippen LogP contribution in [0.5, 0.6) is 0 Å². The predicted molar refractivity (Wildman–Crippen MR) is 75.4 cm³/mol. The molecule has 4 nitrogen and oxygen atoms in total. The zero-order valence-corrected chi connectivity index (χ0v) is 11.5. The maximum absolute atomic E-state index is 13.9. The molecular formula is C15H15F2N3O. The van der Waals surface area contributed by atoms with Crippen molar-refractivity contribution in [1.82, 2.24) is 9.88 Å². The summed E-state index contributed by atoms with van der Waals surface area (Å²) in [5, 5.41) is 0. The van der Waals surface area contributed by atoms with E-state index in [1.807, 2.05) is 0 Å². The first-order valence-corrected chi connectivity index (χ1v) is 6.45. The van der Waals surface area contributed by atoms with Gasteiger partial charge >= 0.3 is 0 Å². The summed E-state index contributed by atoms with van der Waals surface area (Å²) in [6.45, 7) is 2.41. The van der Waals surface area contributed by atoms with Crippen molar-refractivity contribution < 1.29 is 13.6 Å². The second kappa shape index (κ2) is 6.30. The Morgan fingerprint density at radius 2 is 1.95 bits per heavy atom. The highest BCUT2D eigenvalue weighted by molar-refractivity contribution is 5.95. The maximum Gasteiger partial charge on any atom is 0.257 e. The molecule has 0 aliphatic rings. The van der Waals surface area contributed by atoms with Crippen LogP contribution in [0.4, 0.5) is 14.5 Å². The lowest BCUT2D eigenvalue weighted by atomic mass is 10.1. The van der Waals surface area contributed by atoms with Crippen LogP contribution in [0.1, 0.15) is 22.8 Å². The van der Waals surface area contributed by atoms with E-state index in [-0.39, 0.29) is 17.8 Å². The molecule has 1 aromatic heterocycles. The van der Waals surface area contributed by atoms with Crippen LogP contribution in [0.3, 0.4) is 0 Å². The second-order valence-corrected chi connectivity index (χ2v) is 4.53. The number of pyridine rings is 1. The summed E-state index contributed by atoms with van der Waals surface area (Å²) in [6.07, 6.45) is 3.21. The highest BCUT2D eigenvalue weighted by Gasteiger charge is 2.21. The Kier molecular flexibility index (Phi) is 4.47. The van der Waals surface area contributed by atoms with Gasteiger partial charge in [-0.25, -0.2) is 8.78 Å². The first kappa shape index (κ1) is 14.9. The number of anilines is 1. The molecule has 21 heavy (non-hydrogen) atoms. The summed E-state index contributed by atoms with van der Waals surface area (Å²) in [7, 11) is 0. The van der Waals surface area contributed by atoms with Gasteiger partial charge in [-0.05, 0) is 36.8 Å². The number of hydrogen-bond donors (Lipinski definition) is 1. The number of hydrogen-bond acceptors (Lipinski definition) is 3. The van der Waals surface area contributed by atoms with E-state index in [0.717, 1.165) is 17.7 Å². The largest absolute Gasteiger partial charge is 0.396 e. The predicted octanol–water partition coefficient (Wildman–Crippen LogP) is 2.60. The molecule has 0 unspecified atom stereocenters. The molecular weight excluding hydrogens is 276 g/mol. The van der Waals surface area contributed by atoms with Crippen molar-refractivity contribution >= 4 is 11.6 Å².